The molecule has 1 heterocycles. The lowest BCUT2D eigenvalue weighted by molar-refractivity contribution is 0.164. The molecule has 3 aliphatic rings. The van der Waals surface area contributed by atoms with E-state index in [4.69, 9.17) is 4.74 Å². The Morgan fingerprint density at radius 2 is 2.00 bits per heavy atom. The van der Waals surface area contributed by atoms with Gasteiger partial charge in [0.2, 0.25) is 0 Å². The van der Waals surface area contributed by atoms with Gasteiger partial charge in [-0.1, -0.05) is 44.2 Å². The second-order valence-corrected chi connectivity index (χ2v) is 9.04. The number of hydrogen-bond donors (Lipinski definition) is 0. The number of nitrogens with zero attached hydrogens (tertiary/aromatic N) is 2. The predicted molar refractivity (Wildman–Crippen MR) is 113 cm³/mol. The highest BCUT2D eigenvalue weighted by Gasteiger charge is 2.39. The van der Waals surface area contributed by atoms with Gasteiger partial charge in [-0.2, -0.15) is 0 Å². The van der Waals surface area contributed by atoms with Crippen molar-refractivity contribution in [2.75, 3.05) is 26.7 Å². The van der Waals surface area contributed by atoms with Crippen molar-refractivity contribution in [3.05, 3.63) is 29.3 Å². The van der Waals surface area contributed by atoms with Crippen LogP contribution in [-0.2, 0) is 6.42 Å². The van der Waals surface area contributed by atoms with Crippen LogP contribution in [-0.4, -0.2) is 48.6 Å². The zero-order valence-corrected chi connectivity index (χ0v) is 17.7. The highest BCUT2D eigenvalue weighted by atomic mass is 16.6. The van der Waals surface area contributed by atoms with Gasteiger partial charge >= 0.3 is 6.09 Å². The van der Waals surface area contributed by atoms with Crippen LogP contribution in [0.2, 0.25) is 0 Å². The molecule has 28 heavy (non-hydrogen) atoms. The molecular weight excluding hydrogens is 348 g/mol. The van der Waals surface area contributed by atoms with Gasteiger partial charge in [-0.3, -0.25) is 4.90 Å². The van der Waals surface area contributed by atoms with Crippen LogP contribution in [0, 0.1) is 5.92 Å². The van der Waals surface area contributed by atoms with Crippen molar-refractivity contribution in [2.24, 2.45) is 5.92 Å². The number of fused-ring (bicyclic) bond motifs is 3. The zero-order chi connectivity index (χ0) is 19.5. The smallest absolute Gasteiger partial charge is 0.410 e. The van der Waals surface area contributed by atoms with Gasteiger partial charge in [0.1, 0.15) is 5.75 Å². The van der Waals surface area contributed by atoms with Crippen molar-refractivity contribution in [1.29, 1.82) is 0 Å². The van der Waals surface area contributed by atoms with Gasteiger partial charge in [-0.25, -0.2) is 4.79 Å². The van der Waals surface area contributed by atoms with E-state index in [2.05, 4.69) is 17.0 Å². The van der Waals surface area contributed by atoms with Crippen LogP contribution in [0.25, 0.3) is 0 Å². The van der Waals surface area contributed by atoms with E-state index in [1.165, 1.54) is 75.6 Å². The van der Waals surface area contributed by atoms with E-state index in [1.807, 2.05) is 13.0 Å². The minimum atomic E-state index is -0.251. The number of hydrogen-bond acceptors (Lipinski definition) is 3. The number of amides is 1. The molecule has 0 N–H and O–H groups in total. The second kappa shape index (κ2) is 8.86. The van der Waals surface area contributed by atoms with E-state index >= 15 is 0 Å². The summed E-state index contributed by atoms with van der Waals surface area (Å²) >= 11 is 0. The van der Waals surface area contributed by atoms with E-state index in [0.29, 0.717) is 18.5 Å². The summed E-state index contributed by atoms with van der Waals surface area (Å²) in [6.07, 6.45) is 11.8. The van der Waals surface area contributed by atoms with Gasteiger partial charge in [-0.05, 0) is 68.8 Å². The van der Waals surface area contributed by atoms with Crippen LogP contribution in [0.1, 0.15) is 75.3 Å². The van der Waals surface area contributed by atoms with Crippen molar-refractivity contribution >= 4 is 6.09 Å². The lowest BCUT2D eigenvalue weighted by Gasteiger charge is -2.35. The summed E-state index contributed by atoms with van der Waals surface area (Å²) < 4.78 is 5.74. The fourth-order valence-corrected chi connectivity index (χ4v) is 5.65. The van der Waals surface area contributed by atoms with Crippen molar-refractivity contribution < 1.29 is 9.53 Å². The second-order valence-electron chi connectivity index (χ2n) is 9.04. The number of benzene rings is 1. The number of likely N-dealkylation sites (tertiary alicyclic amines) is 1. The maximum absolute atomic E-state index is 12.2. The Kier molecular flexibility index (Phi) is 6.25. The predicted octanol–water partition coefficient (Wildman–Crippen LogP) is 5.21. The summed E-state index contributed by atoms with van der Waals surface area (Å²) in [7, 11) is 1.79. The third-order valence-corrected chi connectivity index (χ3v) is 7.45. The highest BCUT2D eigenvalue weighted by molar-refractivity contribution is 5.71. The van der Waals surface area contributed by atoms with Gasteiger partial charge in [0.15, 0.2) is 0 Å². The quantitative estimate of drug-likeness (QED) is 0.698. The minimum absolute atomic E-state index is 0.251. The Bertz CT molecular complexity index is 683. The topological polar surface area (TPSA) is 32.8 Å². The zero-order valence-electron chi connectivity index (χ0n) is 17.7. The van der Waals surface area contributed by atoms with Crippen LogP contribution in [0.5, 0.6) is 5.75 Å². The summed E-state index contributed by atoms with van der Waals surface area (Å²) in [5.74, 6) is 2.35. The molecule has 1 amide bonds. The van der Waals surface area contributed by atoms with Crippen molar-refractivity contribution in [1.82, 2.24) is 9.80 Å². The maximum atomic E-state index is 12.2. The van der Waals surface area contributed by atoms with Gasteiger partial charge in [0.25, 0.3) is 0 Å². The molecule has 0 aromatic heterocycles. The first-order valence-electron chi connectivity index (χ1n) is 11.5. The molecule has 1 saturated carbocycles. The Hall–Kier alpha value is -1.55. The Morgan fingerprint density at radius 3 is 2.79 bits per heavy atom. The number of ether oxygens (including phenoxy) is 1. The van der Waals surface area contributed by atoms with Gasteiger partial charge in [0.05, 0.1) is 0 Å². The van der Waals surface area contributed by atoms with Crippen LogP contribution < -0.4 is 4.74 Å². The largest absolute Gasteiger partial charge is 0.414 e. The van der Waals surface area contributed by atoms with Crippen LogP contribution in [0.4, 0.5) is 4.79 Å². The first-order chi connectivity index (χ1) is 13.7. The molecule has 4 rings (SSSR count). The van der Waals surface area contributed by atoms with Gasteiger partial charge in [0, 0.05) is 25.6 Å². The standard InChI is InChI=1S/C24H36N2O2/c1-3-25(2)24(27)28-23-11-7-10-19-20-15-17-26(22(20)13-12-21(19)23)16-14-18-8-5-4-6-9-18/h7,10-11,18,20,22H,3-6,8-9,12-17H2,1-2H3. The van der Waals surface area contributed by atoms with Crippen LogP contribution in [0.15, 0.2) is 18.2 Å². The maximum Gasteiger partial charge on any atom is 0.414 e. The molecule has 2 aliphatic carbocycles. The van der Waals surface area contributed by atoms with Crippen LogP contribution in [0.3, 0.4) is 0 Å². The van der Waals surface area contributed by atoms with Crippen molar-refractivity contribution in [2.45, 2.75) is 76.7 Å². The number of rotatable bonds is 5. The molecule has 1 aromatic carbocycles. The van der Waals surface area contributed by atoms with E-state index in [0.717, 1.165) is 18.1 Å². The van der Waals surface area contributed by atoms with Crippen LogP contribution >= 0.6 is 0 Å². The summed E-state index contributed by atoms with van der Waals surface area (Å²) in [6, 6.07) is 6.99. The third kappa shape index (κ3) is 4.07. The molecule has 2 atom stereocenters. The fourth-order valence-electron chi connectivity index (χ4n) is 5.65. The molecule has 4 nitrogen and oxygen atoms in total. The van der Waals surface area contributed by atoms with Gasteiger partial charge < -0.3 is 9.64 Å². The minimum Gasteiger partial charge on any atom is -0.410 e. The first kappa shape index (κ1) is 19.8. The van der Waals surface area contributed by atoms with E-state index < -0.39 is 0 Å². The summed E-state index contributed by atoms with van der Waals surface area (Å²) in [6.45, 7) is 5.13. The third-order valence-electron chi connectivity index (χ3n) is 7.45. The van der Waals surface area contributed by atoms with Crippen molar-refractivity contribution in [3.63, 3.8) is 0 Å². The van der Waals surface area contributed by atoms with E-state index in [-0.39, 0.29) is 6.09 Å². The van der Waals surface area contributed by atoms with Gasteiger partial charge in [-0.15, -0.1) is 0 Å². The number of carbonyl (C=O) groups excluding carboxylic acids is 1. The molecule has 0 radical (unpaired) electrons. The monoisotopic (exact) mass is 384 g/mol. The van der Waals surface area contributed by atoms with Crippen molar-refractivity contribution in [3.8, 4) is 5.75 Å². The Balaban J connectivity index is 1.42. The molecule has 1 saturated heterocycles. The molecule has 1 aliphatic heterocycles. The summed E-state index contributed by atoms with van der Waals surface area (Å²) in [5, 5.41) is 0. The average molecular weight is 385 g/mol. The lowest BCUT2D eigenvalue weighted by atomic mass is 9.79. The number of carbonyl (C=O) groups is 1. The molecule has 0 spiro atoms. The summed E-state index contributed by atoms with van der Waals surface area (Å²) in [5.41, 5.74) is 2.71. The summed E-state index contributed by atoms with van der Waals surface area (Å²) in [4.78, 5) is 16.6. The fraction of sp³-hybridized carbons (Fsp3) is 0.708. The molecule has 154 valence electrons. The van der Waals surface area contributed by atoms with E-state index in [9.17, 15) is 4.79 Å². The van der Waals surface area contributed by atoms with E-state index in [1.54, 1.807) is 11.9 Å². The molecule has 2 fully saturated rings. The first-order valence-corrected chi connectivity index (χ1v) is 11.5. The average Bonchev–Trinajstić information content (AvgIpc) is 3.16. The molecule has 2 unspecified atom stereocenters. The normalized spacial score (nSPS) is 25.2. The molecule has 4 heteroatoms. The Morgan fingerprint density at radius 1 is 1.18 bits per heavy atom. The molecular formula is C24H36N2O2. The highest BCUT2D eigenvalue weighted by Crippen LogP contribution is 2.44. The molecule has 0 bridgehead atoms. The Labute approximate surface area is 170 Å². The lowest BCUT2D eigenvalue weighted by Crippen LogP contribution is -2.36. The SMILES string of the molecule is CCN(C)C(=O)Oc1cccc2c1CCC1C2CCN1CCC1CCCCC1. The molecule has 1 aromatic rings.